The summed E-state index contributed by atoms with van der Waals surface area (Å²) in [4.78, 5) is 4.33. The second kappa shape index (κ2) is 7.07. The highest BCUT2D eigenvalue weighted by Gasteiger charge is 2.18. The molecule has 1 N–H and O–H groups in total. The minimum absolute atomic E-state index is 0.673. The zero-order valence-electron chi connectivity index (χ0n) is 10.7. The highest BCUT2D eigenvalue weighted by Crippen LogP contribution is 2.23. The van der Waals surface area contributed by atoms with Crippen LogP contribution in [0.1, 0.15) is 37.3 Å². The van der Waals surface area contributed by atoms with Gasteiger partial charge in [-0.25, -0.2) is 4.98 Å². The van der Waals surface area contributed by atoms with Crippen LogP contribution in [0.5, 0.6) is 0 Å². The van der Waals surface area contributed by atoms with E-state index in [0.717, 1.165) is 13.1 Å². The van der Waals surface area contributed by atoms with E-state index in [0.29, 0.717) is 5.92 Å². The molecule has 1 aromatic heterocycles. The van der Waals surface area contributed by atoms with Crippen LogP contribution in [0.25, 0.3) is 0 Å². The molecule has 96 valence electrons. The van der Waals surface area contributed by atoms with Gasteiger partial charge in [0.1, 0.15) is 0 Å². The first-order chi connectivity index (χ1) is 8.42. The van der Waals surface area contributed by atoms with Crippen LogP contribution in [0.4, 0.5) is 0 Å². The number of imidazole rings is 1. The molecule has 0 bridgehead atoms. The molecule has 0 spiro atoms. The normalized spacial score (nSPS) is 20.6. The van der Waals surface area contributed by atoms with Gasteiger partial charge in [0, 0.05) is 30.9 Å². The van der Waals surface area contributed by atoms with Gasteiger partial charge in [0.05, 0.1) is 6.33 Å². The zero-order chi connectivity index (χ0) is 11.9. The fourth-order valence-corrected chi connectivity index (χ4v) is 2.98. The molecule has 3 nitrogen and oxygen atoms in total. The number of nitrogens with one attached hydrogen (secondary N) is 1. The zero-order valence-corrected chi connectivity index (χ0v) is 11.5. The van der Waals surface area contributed by atoms with E-state index in [1.165, 1.54) is 43.7 Å². The molecule has 1 fully saturated rings. The maximum absolute atomic E-state index is 4.33. The molecule has 2 heterocycles. The van der Waals surface area contributed by atoms with Crippen molar-refractivity contribution >= 4 is 11.8 Å². The standard InChI is InChI=1S/C13H23N3S/c1-17-8-3-2-7-16-11-15-10-13(16)12-5-4-6-14-9-12/h10-12,14H,2-9H2,1H3. The minimum Gasteiger partial charge on any atom is -0.334 e. The lowest BCUT2D eigenvalue weighted by Crippen LogP contribution is -2.29. The van der Waals surface area contributed by atoms with Gasteiger partial charge in [0.2, 0.25) is 0 Å². The molecule has 1 aliphatic heterocycles. The van der Waals surface area contributed by atoms with Gasteiger partial charge in [0.15, 0.2) is 0 Å². The van der Waals surface area contributed by atoms with Crippen LogP contribution in [0.15, 0.2) is 12.5 Å². The Bertz CT molecular complexity index is 318. The van der Waals surface area contributed by atoms with Crippen molar-refractivity contribution in [1.29, 1.82) is 0 Å². The number of hydrogen-bond donors (Lipinski definition) is 1. The van der Waals surface area contributed by atoms with Crippen LogP contribution < -0.4 is 5.32 Å². The van der Waals surface area contributed by atoms with E-state index in [9.17, 15) is 0 Å². The van der Waals surface area contributed by atoms with Crippen LogP contribution in [-0.4, -0.2) is 34.6 Å². The number of rotatable bonds is 6. The van der Waals surface area contributed by atoms with Gasteiger partial charge >= 0.3 is 0 Å². The van der Waals surface area contributed by atoms with Crippen LogP contribution in [-0.2, 0) is 6.54 Å². The lowest BCUT2D eigenvalue weighted by Gasteiger charge is -2.23. The molecule has 1 aliphatic rings. The summed E-state index contributed by atoms with van der Waals surface area (Å²) < 4.78 is 2.36. The van der Waals surface area contributed by atoms with Gasteiger partial charge < -0.3 is 9.88 Å². The van der Waals surface area contributed by atoms with E-state index in [1.807, 2.05) is 18.1 Å². The Labute approximate surface area is 108 Å². The Morgan fingerprint density at radius 1 is 1.53 bits per heavy atom. The van der Waals surface area contributed by atoms with Gasteiger partial charge in [-0.1, -0.05) is 0 Å². The molecule has 0 saturated carbocycles. The van der Waals surface area contributed by atoms with Crippen molar-refractivity contribution in [3.8, 4) is 0 Å². The van der Waals surface area contributed by atoms with Gasteiger partial charge in [-0.2, -0.15) is 11.8 Å². The Balaban J connectivity index is 1.87. The summed E-state index contributed by atoms with van der Waals surface area (Å²) in [5.41, 5.74) is 1.43. The first-order valence-electron chi connectivity index (χ1n) is 6.61. The van der Waals surface area contributed by atoms with Crippen LogP contribution in [0, 0.1) is 0 Å². The van der Waals surface area contributed by atoms with Crippen molar-refractivity contribution in [3.63, 3.8) is 0 Å². The summed E-state index contributed by atoms with van der Waals surface area (Å²) in [7, 11) is 0. The number of hydrogen-bond acceptors (Lipinski definition) is 3. The average molecular weight is 253 g/mol. The number of piperidine rings is 1. The van der Waals surface area contributed by atoms with Crippen LogP contribution in [0.3, 0.4) is 0 Å². The molecular formula is C13H23N3S. The molecule has 2 rings (SSSR count). The lowest BCUT2D eigenvalue weighted by atomic mass is 9.96. The summed E-state index contributed by atoms with van der Waals surface area (Å²) in [6.07, 6.45) is 11.4. The maximum atomic E-state index is 4.33. The highest BCUT2D eigenvalue weighted by atomic mass is 32.2. The monoisotopic (exact) mass is 253 g/mol. The number of nitrogens with zero attached hydrogens (tertiary/aromatic N) is 2. The van der Waals surface area contributed by atoms with Crippen molar-refractivity contribution in [2.24, 2.45) is 0 Å². The Hall–Kier alpha value is -0.480. The smallest absolute Gasteiger partial charge is 0.0948 e. The molecule has 0 amide bonds. The second-order valence-corrected chi connectivity index (χ2v) is 5.74. The molecule has 1 unspecified atom stereocenters. The highest BCUT2D eigenvalue weighted by molar-refractivity contribution is 7.98. The van der Waals surface area contributed by atoms with E-state index in [2.05, 4.69) is 27.3 Å². The Kier molecular flexibility index (Phi) is 5.39. The first-order valence-corrected chi connectivity index (χ1v) is 8.01. The molecule has 1 atom stereocenters. The number of unbranched alkanes of at least 4 members (excludes halogenated alkanes) is 1. The third-order valence-electron chi connectivity index (χ3n) is 3.46. The SMILES string of the molecule is CSCCCCn1cncc1C1CCCNC1. The summed E-state index contributed by atoms with van der Waals surface area (Å²) in [6.45, 7) is 3.43. The van der Waals surface area contributed by atoms with Crippen molar-refractivity contribution in [2.45, 2.75) is 38.1 Å². The molecule has 1 aromatic rings. The Morgan fingerprint density at radius 2 is 2.47 bits per heavy atom. The predicted molar refractivity (Wildman–Crippen MR) is 74.7 cm³/mol. The largest absolute Gasteiger partial charge is 0.334 e. The van der Waals surface area contributed by atoms with E-state index in [4.69, 9.17) is 0 Å². The van der Waals surface area contributed by atoms with E-state index < -0.39 is 0 Å². The topological polar surface area (TPSA) is 29.9 Å². The van der Waals surface area contributed by atoms with Gasteiger partial charge in [-0.3, -0.25) is 0 Å². The lowest BCUT2D eigenvalue weighted by molar-refractivity contribution is 0.438. The van der Waals surface area contributed by atoms with Gasteiger partial charge in [0.25, 0.3) is 0 Å². The average Bonchev–Trinajstić information content (AvgIpc) is 2.84. The number of aryl methyl sites for hydroxylation is 1. The third-order valence-corrected chi connectivity index (χ3v) is 4.15. The van der Waals surface area contributed by atoms with Crippen LogP contribution in [0.2, 0.25) is 0 Å². The first kappa shape index (κ1) is 13.0. The summed E-state index contributed by atoms with van der Waals surface area (Å²) in [5, 5.41) is 3.48. The van der Waals surface area contributed by atoms with Crippen molar-refractivity contribution in [2.75, 3.05) is 25.1 Å². The molecule has 4 heteroatoms. The summed E-state index contributed by atoms with van der Waals surface area (Å²) in [5.74, 6) is 1.95. The number of thioether (sulfide) groups is 1. The van der Waals surface area contributed by atoms with E-state index >= 15 is 0 Å². The van der Waals surface area contributed by atoms with E-state index in [1.54, 1.807) is 0 Å². The van der Waals surface area contributed by atoms with E-state index in [-0.39, 0.29) is 0 Å². The molecule has 1 saturated heterocycles. The van der Waals surface area contributed by atoms with Gasteiger partial charge in [-0.15, -0.1) is 0 Å². The van der Waals surface area contributed by atoms with Crippen molar-refractivity contribution in [1.82, 2.24) is 14.9 Å². The molecule has 0 radical (unpaired) electrons. The van der Waals surface area contributed by atoms with Crippen LogP contribution >= 0.6 is 11.8 Å². The number of aromatic nitrogens is 2. The molecule has 17 heavy (non-hydrogen) atoms. The molecular weight excluding hydrogens is 230 g/mol. The predicted octanol–water partition coefficient (Wildman–Crippen LogP) is 2.49. The fourth-order valence-electron chi connectivity index (χ4n) is 2.49. The fraction of sp³-hybridized carbons (Fsp3) is 0.769. The summed E-state index contributed by atoms with van der Waals surface area (Å²) in [6, 6.07) is 0. The quantitative estimate of drug-likeness (QED) is 0.790. The van der Waals surface area contributed by atoms with Crippen molar-refractivity contribution < 1.29 is 0 Å². The van der Waals surface area contributed by atoms with Gasteiger partial charge in [-0.05, 0) is 44.2 Å². The third kappa shape index (κ3) is 3.75. The van der Waals surface area contributed by atoms with Crippen molar-refractivity contribution in [3.05, 3.63) is 18.2 Å². The minimum atomic E-state index is 0.673. The maximum Gasteiger partial charge on any atom is 0.0948 e. The second-order valence-electron chi connectivity index (χ2n) is 4.76. The Morgan fingerprint density at radius 3 is 3.24 bits per heavy atom. The summed E-state index contributed by atoms with van der Waals surface area (Å²) >= 11 is 1.94. The molecule has 0 aromatic carbocycles. The molecule has 0 aliphatic carbocycles.